The Balaban J connectivity index is 2.47. The van der Waals surface area contributed by atoms with Crippen molar-refractivity contribution in [3.63, 3.8) is 0 Å². The topological polar surface area (TPSA) is 12.0 Å². The maximum Gasteiger partial charge on any atom is 0.0200 e. The van der Waals surface area contributed by atoms with Gasteiger partial charge in [-0.3, -0.25) is 0 Å². The summed E-state index contributed by atoms with van der Waals surface area (Å²) in [6.07, 6.45) is 0. The molecule has 1 aromatic carbocycles. The zero-order valence-corrected chi connectivity index (χ0v) is 12.9. The monoisotopic (exact) mass is 263 g/mol. The molecule has 1 rings (SSSR count). The van der Waals surface area contributed by atoms with Gasteiger partial charge in [-0.05, 0) is 29.7 Å². The van der Waals surface area contributed by atoms with Crippen molar-refractivity contribution in [1.82, 2.24) is 5.32 Å². The highest BCUT2D eigenvalue weighted by atomic mass is 32.2. The van der Waals surface area contributed by atoms with Gasteiger partial charge in [0.1, 0.15) is 0 Å². The molecule has 0 bridgehead atoms. The Hall–Kier alpha value is -0.730. The van der Waals surface area contributed by atoms with E-state index >= 15 is 0 Å². The predicted octanol–water partition coefficient (Wildman–Crippen LogP) is 4.24. The van der Waals surface area contributed by atoms with E-state index in [9.17, 15) is 0 Å². The maximum absolute atomic E-state index is 4.08. The third kappa shape index (κ3) is 5.28. The second kappa shape index (κ2) is 7.01. The van der Waals surface area contributed by atoms with Crippen LogP contribution in [0.15, 0.2) is 41.3 Å². The quantitative estimate of drug-likeness (QED) is 0.608. The molecule has 1 nitrogen and oxygen atoms in total. The SMILES string of the molecule is C=C(CNCC)CSc1ccc(C(C)(C)C)cc1. The summed E-state index contributed by atoms with van der Waals surface area (Å²) in [5.74, 6) is 0.988. The van der Waals surface area contributed by atoms with Gasteiger partial charge in [-0.2, -0.15) is 0 Å². The molecule has 1 aromatic rings. The molecule has 1 N–H and O–H groups in total. The Morgan fingerprint density at radius 2 is 1.83 bits per heavy atom. The lowest BCUT2D eigenvalue weighted by Gasteiger charge is -2.19. The lowest BCUT2D eigenvalue weighted by molar-refractivity contribution is 0.590. The summed E-state index contributed by atoms with van der Waals surface area (Å²) in [6.45, 7) is 14.9. The fourth-order valence-electron chi connectivity index (χ4n) is 1.59. The van der Waals surface area contributed by atoms with Gasteiger partial charge < -0.3 is 5.32 Å². The van der Waals surface area contributed by atoms with Crippen molar-refractivity contribution >= 4 is 11.8 Å². The van der Waals surface area contributed by atoms with E-state index in [1.807, 2.05) is 11.8 Å². The second-order valence-corrected chi connectivity index (χ2v) is 6.64. The van der Waals surface area contributed by atoms with Gasteiger partial charge in [0.05, 0.1) is 0 Å². The van der Waals surface area contributed by atoms with Crippen LogP contribution in [-0.4, -0.2) is 18.8 Å². The molecule has 0 atom stereocenters. The largest absolute Gasteiger partial charge is 0.313 e. The number of likely N-dealkylation sites (N-methyl/N-ethyl adjacent to an activating group) is 1. The van der Waals surface area contributed by atoms with E-state index in [0.717, 1.165) is 18.8 Å². The van der Waals surface area contributed by atoms with E-state index in [1.54, 1.807) is 0 Å². The van der Waals surface area contributed by atoms with E-state index in [2.05, 4.69) is 63.9 Å². The highest BCUT2D eigenvalue weighted by Crippen LogP contribution is 2.26. The fraction of sp³-hybridized carbons (Fsp3) is 0.500. The van der Waals surface area contributed by atoms with E-state index in [0.29, 0.717) is 0 Å². The first-order valence-corrected chi connectivity index (χ1v) is 7.52. The van der Waals surface area contributed by atoms with Crippen molar-refractivity contribution in [2.45, 2.75) is 38.0 Å². The standard InChI is InChI=1S/C16H25NS/c1-6-17-11-13(2)12-18-15-9-7-14(8-10-15)16(3,4)5/h7-10,17H,2,6,11-12H2,1,3-5H3. The average Bonchev–Trinajstić information content (AvgIpc) is 2.33. The third-order valence-electron chi connectivity index (χ3n) is 2.79. The van der Waals surface area contributed by atoms with Crippen molar-refractivity contribution < 1.29 is 0 Å². The predicted molar refractivity (Wildman–Crippen MR) is 83.5 cm³/mol. The first kappa shape index (κ1) is 15.3. The molecule has 0 saturated carbocycles. The van der Waals surface area contributed by atoms with Crippen molar-refractivity contribution in [3.8, 4) is 0 Å². The van der Waals surface area contributed by atoms with Crippen LogP contribution in [0.4, 0.5) is 0 Å². The number of benzene rings is 1. The fourth-order valence-corrected chi connectivity index (χ4v) is 2.39. The first-order valence-electron chi connectivity index (χ1n) is 6.54. The van der Waals surface area contributed by atoms with Crippen molar-refractivity contribution in [3.05, 3.63) is 42.0 Å². The van der Waals surface area contributed by atoms with Crippen LogP contribution in [0.1, 0.15) is 33.3 Å². The molecule has 0 aromatic heterocycles. The molecule has 0 heterocycles. The summed E-state index contributed by atoms with van der Waals surface area (Å²) < 4.78 is 0. The number of nitrogens with one attached hydrogen (secondary N) is 1. The summed E-state index contributed by atoms with van der Waals surface area (Å²) >= 11 is 1.86. The summed E-state index contributed by atoms with van der Waals surface area (Å²) in [5.41, 5.74) is 2.87. The lowest BCUT2D eigenvalue weighted by atomic mass is 9.87. The molecule has 0 aliphatic rings. The summed E-state index contributed by atoms with van der Waals surface area (Å²) in [7, 11) is 0. The molecule has 100 valence electrons. The molecular weight excluding hydrogens is 238 g/mol. The van der Waals surface area contributed by atoms with Crippen LogP contribution < -0.4 is 5.32 Å². The highest BCUT2D eigenvalue weighted by molar-refractivity contribution is 7.99. The van der Waals surface area contributed by atoms with Gasteiger partial charge in [0.2, 0.25) is 0 Å². The Kier molecular flexibility index (Phi) is 5.97. The minimum absolute atomic E-state index is 0.234. The molecule has 18 heavy (non-hydrogen) atoms. The molecular formula is C16H25NS. The summed E-state index contributed by atoms with van der Waals surface area (Å²) in [6, 6.07) is 8.89. The van der Waals surface area contributed by atoms with Crippen LogP contribution in [0.5, 0.6) is 0 Å². The highest BCUT2D eigenvalue weighted by Gasteiger charge is 2.12. The summed E-state index contributed by atoms with van der Waals surface area (Å²) in [5, 5.41) is 3.30. The van der Waals surface area contributed by atoms with Crippen molar-refractivity contribution in [1.29, 1.82) is 0 Å². The zero-order valence-electron chi connectivity index (χ0n) is 12.0. The van der Waals surface area contributed by atoms with Gasteiger partial charge >= 0.3 is 0 Å². The maximum atomic E-state index is 4.08. The molecule has 0 unspecified atom stereocenters. The van der Waals surface area contributed by atoms with Crippen LogP contribution in [0.25, 0.3) is 0 Å². The second-order valence-electron chi connectivity index (χ2n) is 5.59. The number of rotatable bonds is 6. The van der Waals surface area contributed by atoms with Crippen LogP contribution >= 0.6 is 11.8 Å². The molecule has 0 aliphatic heterocycles. The first-order chi connectivity index (χ1) is 8.43. The molecule has 0 saturated heterocycles. The van der Waals surface area contributed by atoms with Crippen molar-refractivity contribution in [2.24, 2.45) is 0 Å². The summed E-state index contributed by atoms with van der Waals surface area (Å²) in [4.78, 5) is 1.32. The van der Waals surface area contributed by atoms with Crippen LogP contribution in [0.3, 0.4) is 0 Å². The minimum Gasteiger partial charge on any atom is -0.313 e. The Morgan fingerprint density at radius 1 is 1.22 bits per heavy atom. The van der Waals surface area contributed by atoms with Gasteiger partial charge in [0, 0.05) is 17.2 Å². The third-order valence-corrected chi connectivity index (χ3v) is 3.95. The Bertz CT molecular complexity index is 373. The van der Waals surface area contributed by atoms with Crippen LogP contribution in [0.2, 0.25) is 0 Å². The van der Waals surface area contributed by atoms with E-state index < -0.39 is 0 Å². The van der Waals surface area contributed by atoms with Gasteiger partial charge in [0.15, 0.2) is 0 Å². The molecule has 0 amide bonds. The Labute approximate surface area is 116 Å². The number of thioether (sulfide) groups is 1. The molecule has 0 fully saturated rings. The van der Waals surface area contributed by atoms with Gasteiger partial charge in [0.25, 0.3) is 0 Å². The Morgan fingerprint density at radius 3 is 2.33 bits per heavy atom. The van der Waals surface area contributed by atoms with E-state index in [-0.39, 0.29) is 5.41 Å². The van der Waals surface area contributed by atoms with Crippen LogP contribution in [-0.2, 0) is 5.41 Å². The van der Waals surface area contributed by atoms with E-state index in [4.69, 9.17) is 0 Å². The number of hydrogen-bond acceptors (Lipinski definition) is 2. The van der Waals surface area contributed by atoms with Gasteiger partial charge in [-0.1, -0.05) is 52.0 Å². The molecule has 2 heteroatoms. The van der Waals surface area contributed by atoms with Crippen molar-refractivity contribution in [2.75, 3.05) is 18.8 Å². The molecule has 0 aliphatic carbocycles. The molecule has 0 spiro atoms. The van der Waals surface area contributed by atoms with Crippen LogP contribution in [0, 0.1) is 0 Å². The van der Waals surface area contributed by atoms with E-state index in [1.165, 1.54) is 16.0 Å². The normalized spacial score (nSPS) is 11.6. The minimum atomic E-state index is 0.234. The number of hydrogen-bond donors (Lipinski definition) is 1. The molecule has 0 radical (unpaired) electrons. The smallest absolute Gasteiger partial charge is 0.0200 e. The van der Waals surface area contributed by atoms with Gasteiger partial charge in [-0.15, -0.1) is 11.8 Å². The average molecular weight is 263 g/mol. The van der Waals surface area contributed by atoms with Gasteiger partial charge in [-0.25, -0.2) is 0 Å². The lowest BCUT2D eigenvalue weighted by Crippen LogP contribution is -2.16. The zero-order chi connectivity index (χ0) is 13.6.